The fourth-order valence-corrected chi connectivity index (χ4v) is 7.56. The molecule has 0 amide bonds. The van der Waals surface area contributed by atoms with Crippen LogP contribution in [0, 0.1) is 0 Å². The number of rotatable bonds is 4. The van der Waals surface area contributed by atoms with Crippen LogP contribution < -0.4 is 4.90 Å². The lowest BCUT2D eigenvalue weighted by Crippen LogP contribution is -2.11. The SMILES string of the molecule is c1ccc2c(c1)cc(N(c1ccc(-c3ccc4c(c3)CCCC4)cc1)c1cc3ccccc3c3ccccc13)c1ccccc12. The van der Waals surface area contributed by atoms with Crippen LogP contribution in [0.15, 0.2) is 152 Å². The summed E-state index contributed by atoms with van der Waals surface area (Å²) in [6, 6.07) is 56.3. The summed E-state index contributed by atoms with van der Waals surface area (Å²) in [4.78, 5) is 2.49. The number of hydrogen-bond acceptors (Lipinski definition) is 1. The van der Waals surface area contributed by atoms with Crippen LogP contribution in [0.4, 0.5) is 17.1 Å². The topological polar surface area (TPSA) is 3.24 Å². The number of nitrogens with zero attached hydrogens (tertiary/aromatic N) is 1. The van der Waals surface area contributed by atoms with Crippen molar-refractivity contribution in [3.63, 3.8) is 0 Å². The van der Waals surface area contributed by atoms with E-state index in [4.69, 9.17) is 0 Å². The van der Waals surface area contributed by atoms with Crippen LogP contribution in [-0.2, 0) is 12.8 Å². The number of anilines is 3. The van der Waals surface area contributed by atoms with E-state index >= 15 is 0 Å². The molecule has 0 saturated carbocycles. The average Bonchev–Trinajstić information content (AvgIpc) is 3.12. The molecule has 45 heavy (non-hydrogen) atoms. The van der Waals surface area contributed by atoms with Gasteiger partial charge in [0.15, 0.2) is 0 Å². The molecule has 0 unspecified atom stereocenters. The van der Waals surface area contributed by atoms with Crippen molar-refractivity contribution >= 4 is 60.2 Å². The minimum absolute atomic E-state index is 1.15. The van der Waals surface area contributed by atoms with Crippen molar-refractivity contribution < 1.29 is 0 Å². The van der Waals surface area contributed by atoms with Crippen LogP contribution in [0.1, 0.15) is 24.0 Å². The van der Waals surface area contributed by atoms with Gasteiger partial charge in [-0.1, -0.05) is 127 Å². The van der Waals surface area contributed by atoms with Gasteiger partial charge in [-0.15, -0.1) is 0 Å². The van der Waals surface area contributed by atoms with E-state index in [1.807, 2.05) is 0 Å². The quantitative estimate of drug-likeness (QED) is 0.189. The minimum atomic E-state index is 1.15. The van der Waals surface area contributed by atoms with Gasteiger partial charge in [0, 0.05) is 16.5 Å². The highest BCUT2D eigenvalue weighted by Crippen LogP contribution is 2.46. The Morgan fingerprint density at radius 1 is 0.356 bits per heavy atom. The molecule has 0 N–H and O–H groups in total. The molecule has 1 aliphatic rings. The normalized spacial score (nSPS) is 13.0. The lowest BCUT2D eigenvalue weighted by Gasteiger charge is -2.29. The summed E-state index contributed by atoms with van der Waals surface area (Å²) in [5.41, 5.74) is 9.14. The number of benzene rings is 8. The Hall–Kier alpha value is -5.40. The molecular formula is C44H33N. The van der Waals surface area contributed by atoms with Gasteiger partial charge < -0.3 is 4.90 Å². The van der Waals surface area contributed by atoms with E-state index in [2.05, 4.69) is 157 Å². The smallest absolute Gasteiger partial charge is 0.0546 e. The van der Waals surface area contributed by atoms with E-state index in [0.29, 0.717) is 0 Å². The zero-order valence-corrected chi connectivity index (χ0v) is 25.2. The summed E-state index contributed by atoms with van der Waals surface area (Å²) in [6.45, 7) is 0. The van der Waals surface area contributed by atoms with Gasteiger partial charge in [0.1, 0.15) is 0 Å². The van der Waals surface area contributed by atoms with Crippen LogP contribution in [0.3, 0.4) is 0 Å². The van der Waals surface area contributed by atoms with Crippen LogP contribution in [0.25, 0.3) is 54.2 Å². The molecule has 8 aromatic carbocycles. The standard InChI is InChI=1S/C44H33N/c1-2-12-32-27-33(22-21-30(32)11-1)31-23-25-36(26-24-31)45(43-28-34-13-3-5-15-37(34)39-17-7-9-19-41(39)43)44-29-35-14-4-6-16-38(35)40-18-8-10-20-42(40)44/h3-10,13-29H,1-2,11-12H2. The molecule has 8 aromatic rings. The van der Waals surface area contributed by atoms with Crippen LogP contribution in [0.2, 0.25) is 0 Å². The summed E-state index contributed by atoms with van der Waals surface area (Å²) >= 11 is 0. The van der Waals surface area contributed by atoms with E-state index < -0.39 is 0 Å². The second kappa shape index (κ2) is 10.6. The first kappa shape index (κ1) is 26.0. The maximum Gasteiger partial charge on any atom is 0.0546 e. The number of aryl methyl sites for hydroxylation is 2. The monoisotopic (exact) mass is 575 g/mol. The highest BCUT2D eigenvalue weighted by atomic mass is 15.1. The highest BCUT2D eigenvalue weighted by Gasteiger charge is 2.21. The van der Waals surface area contributed by atoms with Crippen molar-refractivity contribution in [1.29, 1.82) is 0 Å². The summed E-state index contributed by atoms with van der Waals surface area (Å²) in [5.74, 6) is 0. The molecular weight excluding hydrogens is 542 g/mol. The van der Waals surface area contributed by atoms with Crippen molar-refractivity contribution in [3.05, 3.63) is 163 Å². The molecule has 214 valence electrons. The highest BCUT2D eigenvalue weighted by molar-refractivity contribution is 6.18. The first-order valence-electron chi connectivity index (χ1n) is 16.2. The number of hydrogen-bond donors (Lipinski definition) is 0. The van der Waals surface area contributed by atoms with E-state index in [1.54, 1.807) is 0 Å². The summed E-state index contributed by atoms with van der Waals surface area (Å²) in [6.07, 6.45) is 5.01. The second-order valence-corrected chi connectivity index (χ2v) is 12.4. The Morgan fingerprint density at radius 2 is 0.822 bits per heavy atom. The Balaban J connectivity index is 1.30. The van der Waals surface area contributed by atoms with Crippen LogP contribution in [0.5, 0.6) is 0 Å². The first-order valence-corrected chi connectivity index (χ1v) is 16.2. The van der Waals surface area contributed by atoms with Gasteiger partial charge in [0.25, 0.3) is 0 Å². The fraction of sp³-hybridized carbons (Fsp3) is 0.0909. The molecule has 1 aliphatic carbocycles. The van der Waals surface area contributed by atoms with Crippen molar-refractivity contribution in [3.8, 4) is 11.1 Å². The van der Waals surface area contributed by atoms with E-state index in [9.17, 15) is 0 Å². The molecule has 0 spiro atoms. The van der Waals surface area contributed by atoms with Crippen LogP contribution >= 0.6 is 0 Å². The molecule has 0 aliphatic heterocycles. The summed E-state index contributed by atoms with van der Waals surface area (Å²) < 4.78 is 0. The Bertz CT molecular complexity index is 2260. The molecule has 9 rings (SSSR count). The third kappa shape index (κ3) is 4.38. The molecule has 1 nitrogen and oxygen atoms in total. The van der Waals surface area contributed by atoms with Crippen molar-refractivity contribution in [1.82, 2.24) is 0 Å². The lowest BCUT2D eigenvalue weighted by molar-refractivity contribution is 0.686. The zero-order valence-electron chi connectivity index (χ0n) is 25.2. The van der Waals surface area contributed by atoms with E-state index in [1.165, 1.54) is 102 Å². The predicted molar refractivity (Wildman–Crippen MR) is 193 cm³/mol. The van der Waals surface area contributed by atoms with Gasteiger partial charge in [0.2, 0.25) is 0 Å². The molecule has 0 bridgehead atoms. The summed E-state index contributed by atoms with van der Waals surface area (Å²) in [5, 5.41) is 10.1. The number of fused-ring (bicyclic) bond motifs is 7. The molecule has 0 heterocycles. The Labute approximate surface area is 264 Å². The maximum absolute atomic E-state index is 2.49. The molecule has 0 radical (unpaired) electrons. The summed E-state index contributed by atoms with van der Waals surface area (Å²) in [7, 11) is 0. The predicted octanol–water partition coefficient (Wildman–Crippen LogP) is 12.3. The Kier molecular flexibility index (Phi) is 6.16. The fourth-order valence-electron chi connectivity index (χ4n) is 7.56. The van der Waals surface area contributed by atoms with E-state index in [0.717, 1.165) is 5.69 Å². The van der Waals surface area contributed by atoms with Gasteiger partial charge in [0.05, 0.1) is 11.4 Å². The van der Waals surface area contributed by atoms with Crippen LogP contribution in [-0.4, -0.2) is 0 Å². The second-order valence-electron chi connectivity index (χ2n) is 12.4. The third-order valence-corrected chi connectivity index (χ3v) is 9.78. The lowest BCUT2D eigenvalue weighted by atomic mass is 9.89. The molecule has 0 atom stereocenters. The minimum Gasteiger partial charge on any atom is -0.309 e. The van der Waals surface area contributed by atoms with Gasteiger partial charge in [-0.25, -0.2) is 0 Å². The molecule has 0 saturated heterocycles. The van der Waals surface area contributed by atoms with Gasteiger partial charge in [-0.3, -0.25) is 0 Å². The van der Waals surface area contributed by atoms with Gasteiger partial charge in [-0.2, -0.15) is 0 Å². The first-order chi connectivity index (χ1) is 22.3. The maximum atomic E-state index is 2.49. The van der Waals surface area contributed by atoms with Gasteiger partial charge >= 0.3 is 0 Å². The average molecular weight is 576 g/mol. The van der Waals surface area contributed by atoms with E-state index in [-0.39, 0.29) is 0 Å². The van der Waals surface area contributed by atoms with Gasteiger partial charge in [-0.05, 0) is 105 Å². The van der Waals surface area contributed by atoms with Crippen molar-refractivity contribution in [2.24, 2.45) is 0 Å². The van der Waals surface area contributed by atoms with Crippen molar-refractivity contribution in [2.75, 3.05) is 4.90 Å². The molecule has 1 heteroatoms. The molecule has 0 fully saturated rings. The third-order valence-electron chi connectivity index (χ3n) is 9.78. The largest absolute Gasteiger partial charge is 0.309 e. The zero-order chi connectivity index (χ0) is 29.7. The van der Waals surface area contributed by atoms with Crippen molar-refractivity contribution in [2.45, 2.75) is 25.7 Å². The Morgan fingerprint density at radius 3 is 1.40 bits per heavy atom. The molecule has 0 aromatic heterocycles.